The predicted octanol–water partition coefficient (Wildman–Crippen LogP) is 0.546. The number of carbonyl (C=O) groups is 3. The van der Waals surface area contributed by atoms with Gasteiger partial charge in [-0.25, -0.2) is 9.59 Å². The Labute approximate surface area is 416 Å². The Hall–Kier alpha value is -7.35. The van der Waals surface area contributed by atoms with Crippen LogP contribution in [0.1, 0.15) is 30.4 Å². The zero-order valence-corrected chi connectivity index (χ0v) is 40.1. The van der Waals surface area contributed by atoms with E-state index in [1.54, 1.807) is 25.5 Å². The number of benzene rings is 3. The van der Waals surface area contributed by atoms with Gasteiger partial charge >= 0.3 is 11.9 Å². The van der Waals surface area contributed by atoms with E-state index in [0.717, 1.165) is 11.1 Å². The number of phenols is 1. The van der Waals surface area contributed by atoms with Gasteiger partial charge in [-0.3, -0.25) is 15.1 Å². The number of rotatable bonds is 23. The van der Waals surface area contributed by atoms with Crippen LogP contribution >= 0.6 is 0 Å². The average Bonchev–Trinajstić information content (AvgIpc) is 3.95. The number of aldehydes is 1. The number of esters is 1. The number of phenolic OH excluding ortho intramolecular Hbond substituents is 1. The monoisotopic (exact) mass is 1010 g/mol. The van der Waals surface area contributed by atoms with Gasteiger partial charge in [0.15, 0.2) is 28.7 Å². The van der Waals surface area contributed by atoms with Gasteiger partial charge in [0.25, 0.3) is 0 Å². The highest BCUT2D eigenvalue weighted by Crippen LogP contribution is 2.45. The summed E-state index contributed by atoms with van der Waals surface area (Å²) >= 11 is 0. The third-order valence-corrected chi connectivity index (χ3v) is 12.4. The van der Waals surface area contributed by atoms with Crippen molar-refractivity contribution in [3.8, 4) is 33.9 Å². The summed E-state index contributed by atoms with van der Waals surface area (Å²) in [7, 11) is 1.64. The highest BCUT2D eigenvalue weighted by molar-refractivity contribution is 5.98. The normalized spacial score (nSPS) is 21.4. The second kappa shape index (κ2) is 23.0. The molecule has 0 radical (unpaired) electrons. The van der Waals surface area contributed by atoms with Crippen molar-refractivity contribution in [2.24, 2.45) is 10.7 Å². The second-order valence-corrected chi connectivity index (χ2v) is 17.6. The average molecular weight is 1010 g/mol. The molecule has 1 fully saturated rings. The van der Waals surface area contributed by atoms with Crippen LogP contribution in [0, 0.1) is 13.8 Å². The molecular formula is C50H59N7O16. The van der Waals surface area contributed by atoms with Gasteiger partial charge in [-0.1, -0.05) is 29.3 Å². The molecule has 1 aliphatic rings. The second-order valence-electron chi connectivity index (χ2n) is 17.6. The fourth-order valence-electron chi connectivity index (χ4n) is 8.89. The summed E-state index contributed by atoms with van der Waals surface area (Å²) in [6, 6.07) is 15.3. The number of aromatic hydroxyl groups is 1. The van der Waals surface area contributed by atoms with Crippen LogP contribution in [0.5, 0.6) is 11.5 Å². The Bertz CT molecular complexity index is 2970. The number of aromatic amines is 1. The molecule has 1 saturated heterocycles. The molecule has 3 aromatic carbocycles. The molecule has 0 amide bonds. The standard InChI is InChI=1S/C50H59N7O16/c1-27-20-28(2)22-31(21-27)40-38-30(13-15-54-38)24-57(40)73-43-47(70-33-11-12-34-36(23-33)69-25-35(41(34)63)29-7-9-32(61)10-8-29)71-42(49(67,26-60)50(43,68)37(62)6-4-18-58)44(56-48(51)55-17-16-52-3)72-46(66)39(45(64)65)53-14-5-19-59/h7-13,15,19-25,37,39,42-44,47,52-54,58,60-62,67-68H,4-6,14,16-18,26H2,1-3H3,(H,64,65)(H3,51,55,56). The summed E-state index contributed by atoms with van der Waals surface area (Å²) in [6.07, 6.45) is -6.78. The minimum atomic E-state index is -3.23. The molecule has 0 spiro atoms. The van der Waals surface area contributed by atoms with Gasteiger partial charge in [0.05, 0.1) is 41.9 Å². The van der Waals surface area contributed by atoms with Crippen molar-refractivity contribution in [2.45, 2.75) is 81.2 Å². The summed E-state index contributed by atoms with van der Waals surface area (Å²) in [4.78, 5) is 65.4. The molecule has 0 bridgehead atoms. The molecule has 3 aromatic heterocycles. The Kier molecular flexibility index (Phi) is 16.9. The number of aromatic nitrogens is 2. The number of ether oxygens (including phenoxy) is 3. The maximum atomic E-state index is 13.9. The van der Waals surface area contributed by atoms with Gasteiger partial charge in [0, 0.05) is 49.3 Å². The number of guanidine groups is 1. The van der Waals surface area contributed by atoms with Gasteiger partial charge < -0.3 is 85.4 Å². The number of fused-ring (bicyclic) bond motifs is 2. The molecule has 4 heterocycles. The summed E-state index contributed by atoms with van der Waals surface area (Å²) in [5.74, 6) is -3.87. The number of carboxylic acids is 1. The largest absolute Gasteiger partial charge is 0.508 e. The SMILES string of the molecule is CNCCN=C(N)NC(OC(=O)C(NCCC=O)C(=O)O)C1OC(Oc2ccc3c(=O)c(-c4ccc(O)cc4)coc3c2)C(On2cc3cc[nH]c3c2-c2cc(C)cc(C)c2)C(O)(C(O)CCCO)C1(O)CO. The van der Waals surface area contributed by atoms with E-state index in [2.05, 4.69) is 25.9 Å². The van der Waals surface area contributed by atoms with Gasteiger partial charge in [-0.05, 0) is 81.8 Å². The molecule has 13 N–H and O–H groups in total. The Morgan fingerprint density at radius 3 is 2.44 bits per heavy atom. The maximum absolute atomic E-state index is 13.9. The number of carbonyl (C=O) groups excluding carboxylic acids is 2. The summed E-state index contributed by atoms with van der Waals surface area (Å²) in [6.45, 7) is 1.82. The van der Waals surface area contributed by atoms with E-state index >= 15 is 0 Å². The molecule has 0 aliphatic carbocycles. The lowest BCUT2D eigenvalue weighted by atomic mass is 9.68. The summed E-state index contributed by atoms with van der Waals surface area (Å²) in [5.41, 5.74) is 3.36. The van der Waals surface area contributed by atoms with Crippen LogP contribution in [-0.2, 0) is 23.9 Å². The topological polar surface area (TPSA) is 355 Å². The zero-order valence-electron chi connectivity index (χ0n) is 40.1. The molecule has 8 unspecified atom stereocenters. The number of nitrogens with two attached hydrogens (primary N) is 1. The van der Waals surface area contributed by atoms with Crippen LogP contribution in [0.15, 0.2) is 99.6 Å². The number of H-pyrrole nitrogens is 1. The number of hydrogen-bond donors (Lipinski definition) is 12. The van der Waals surface area contributed by atoms with Crippen LogP contribution in [0.4, 0.5) is 0 Å². The van der Waals surface area contributed by atoms with Gasteiger partial charge in [0.1, 0.15) is 35.3 Å². The molecule has 23 heteroatoms. The number of aryl methyl sites for hydroxylation is 2. The van der Waals surface area contributed by atoms with E-state index in [9.17, 15) is 54.9 Å². The number of nitrogens with one attached hydrogen (secondary N) is 4. The van der Waals surface area contributed by atoms with Crippen molar-refractivity contribution in [2.75, 3.05) is 39.9 Å². The molecule has 8 atom stereocenters. The quantitative estimate of drug-likeness (QED) is 0.00793. The Morgan fingerprint density at radius 1 is 1.03 bits per heavy atom. The van der Waals surface area contributed by atoms with Crippen LogP contribution < -0.4 is 36.7 Å². The first-order valence-electron chi connectivity index (χ1n) is 23.2. The Morgan fingerprint density at radius 2 is 1.77 bits per heavy atom. The van der Waals surface area contributed by atoms with Crippen molar-refractivity contribution in [1.82, 2.24) is 25.7 Å². The van der Waals surface area contributed by atoms with E-state index in [0.29, 0.717) is 40.6 Å². The van der Waals surface area contributed by atoms with Crippen LogP contribution in [-0.4, -0.2) is 158 Å². The van der Waals surface area contributed by atoms with Crippen molar-refractivity contribution in [3.05, 3.63) is 107 Å². The highest BCUT2D eigenvalue weighted by atomic mass is 16.8. The molecule has 0 saturated carbocycles. The molecule has 1 aliphatic heterocycles. The van der Waals surface area contributed by atoms with Crippen LogP contribution in [0.25, 0.3) is 44.3 Å². The minimum Gasteiger partial charge on any atom is -0.508 e. The van der Waals surface area contributed by atoms with E-state index in [1.807, 2.05) is 32.0 Å². The number of likely N-dealkylation sites (N-methyl/N-ethyl adjacent to an activating group) is 1. The first-order chi connectivity index (χ1) is 35.0. The predicted molar refractivity (Wildman–Crippen MR) is 263 cm³/mol. The zero-order chi connectivity index (χ0) is 52.6. The number of carboxylic acid groups (broad SMARTS) is 1. The van der Waals surface area contributed by atoms with Gasteiger partial charge in [0.2, 0.25) is 24.7 Å². The van der Waals surface area contributed by atoms with Crippen molar-refractivity contribution < 1.29 is 73.6 Å². The van der Waals surface area contributed by atoms with E-state index in [1.165, 1.54) is 53.5 Å². The lowest BCUT2D eigenvalue weighted by Crippen LogP contribution is -2.83. The van der Waals surface area contributed by atoms with Crippen LogP contribution in [0.3, 0.4) is 0 Å². The first-order valence-corrected chi connectivity index (χ1v) is 23.2. The van der Waals surface area contributed by atoms with E-state index in [4.69, 9.17) is 29.2 Å². The summed E-state index contributed by atoms with van der Waals surface area (Å²) in [5, 5.41) is 88.9. The lowest BCUT2D eigenvalue weighted by molar-refractivity contribution is -0.387. The molecule has 390 valence electrons. The third-order valence-electron chi connectivity index (χ3n) is 12.4. The number of aliphatic hydroxyl groups excluding tert-OH is 3. The van der Waals surface area contributed by atoms with E-state index < -0.39 is 91.0 Å². The molecule has 23 nitrogen and oxygen atoms in total. The van der Waals surface area contributed by atoms with E-state index in [-0.39, 0.29) is 54.0 Å². The number of aliphatic imine (C=N–C) groups is 1. The minimum absolute atomic E-state index is 0.00224. The van der Waals surface area contributed by atoms with Gasteiger partial charge in [-0.2, -0.15) is 4.73 Å². The number of aliphatic carboxylic acids is 1. The lowest BCUT2D eigenvalue weighted by Gasteiger charge is -2.57. The number of aliphatic hydroxyl groups is 5. The van der Waals surface area contributed by atoms with Crippen LogP contribution in [0.2, 0.25) is 0 Å². The Balaban J connectivity index is 1.42. The summed E-state index contributed by atoms with van der Waals surface area (Å²) < 4.78 is 26.0. The van der Waals surface area contributed by atoms with Crippen molar-refractivity contribution >= 4 is 46.1 Å². The molecule has 73 heavy (non-hydrogen) atoms. The third kappa shape index (κ3) is 11.2. The van der Waals surface area contributed by atoms with Gasteiger partial charge in [-0.15, -0.1) is 0 Å². The molecule has 7 rings (SSSR count). The number of nitrogens with zero attached hydrogens (tertiary/aromatic N) is 2. The first kappa shape index (κ1) is 53.4. The smallest absolute Gasteiger partial charge is 0.336 e. The maximum Gasteiger partial charge on any atom is 0.336 e. The molecule has 6 aromatic rings. The fraction of sp³-hybridized carbons (Fsp3) is 0.380. The highest BCUT2D eigenvalue weighted by Gasteiger charge is 2.72. The van der Waals surface area contributed by atoms with Crippen molar-refractivity contribution in [3.63, 3.8) is 0 Å². The molecular weight excluding hydrogens is 955 g/mol. The van der Waals surface area contributed by atoms with Crippen molar-refractivity contribution in [1.29, 1.82) is 0 Å². The number of hydrogen-bond acceptors (Lipinski definition) is 18. The fourth-order valence-corrected chi connectivity index (χ4v) is 8.89.